The van der Waals surface area contributed by atoms with Crippen molar-refractivity contribution in [2.45, 2.75) is 17.5 Å². The van der Waals surface area contributed by atoms with Gasteiger partial charge >= 0.3 is 0 Å². The first-order valence-corrected chi connectivity index (χ1v) is 9.82. The van der Waals surface area contributed by atoms with Crippen LogP contribution in [0.1, 0.15) is 16.7 Å². The predicted octanol–water partition coefficient (Wildman–Crippen LogP) is 4.55. The van der Waals surface area contributed by atoms with Gasteiger partial charge in [-0.1, -0.05) is 60.3 Å². The molecule has 0 aliphatic heterocycles. The Kier molecular flexibility index (Phi) is 5.46. The molecule has 0 saturated heterocycles. The smallest absolute Gasteiger partial charge is 0.192 e. The molecule has 4 rings (SSSR count). The van der Waals surface area contributed by atoms with E-state index in [1.54, 1.807) is 24.2 Å². The number of pyridine rings is 1. The molecule has 6 heteroatoms. The summed E-state index contributed by atoms with van der Waals surface area (Å²) in [5.41, 5.74) is 3.78. The second kappa shape index (κ2) is 8.51. The first-order valence-electron chi connectivity index (χ1n) is 8.83. The van der Waals surface area contributed by atoms with E-state index in [0.717, 1.165) is 22.1 Å². The molecule has 0 fully saturated rings. The minimum Gasteiger partial charge on any atom is -0.297 e. The van der Waals surface area contributed by atoms with Crippen molar-refractivity contribution < 1.29 is 0 Å². The van der Waals surface area contributed by atoms with Crippen molar-refractivity contribution in [3.05, 3.63) is 95.8 Å². The largest absolute Gasteiger partial charge is 0.297 e. The fraction of sp³-hybridized carbons (Fsp3) is 0.0909. The fourth-order valence-corrected chi connectivity index (χ4v) is 3.85. The van der Waals surface area contributed by atoms with Gasteiger partial charge in [-0.15, -0.1) is 10.2 Å². The topological polar surface area (TPSA) is 67.4 Å². The average molecular weight is 383 g/mol. The molecule has 2 aromatic heterocycles. The Balaban J connectivity index is 1.67. The fourth-order valence-electron chi connectivity index (χ4n) is 2.91. The first kappa shape index (κ1) is 18.0. The van der Waals surface area contributed by atoms with Gasteiger partial charge in [-0.05, 0) is 29.3 Å². The minimum absolute atomic E-state index is 0.656. The van der Waals surface area contributed by atoms with Crippen molar-refractivity contribution in [3.8, 4) is 17.5 Å². The zero-order valence-electron chi connectivity index (χ0n) is 15.1. The molecule has 0 bridgehead atoms. The van der Waals surface area contributed by atoms with Crippen LogP contribution in [0.4, 0.5) is 0 Å². The molecule has 0 N–H and O–H groups in total. The number of thioether (sulfide) groups is 1. The van der Waals surface area contributed by atoms with Gasteiger partial charge in [-0.3, -0.25) is 9.55 Å². The summed E-state index contributed by atoms with van der Waals surface area (Å²) in [4.78, 5) is 4.21. The van der Waals surface area contributed by atoms with Gasteiger partial charge in [-0.25, -0.2) is 0 Å². The highest BCUT2D eigenvalue weighted by molar-refractivity contribution is 7.98. The Morgan fingerprint density at radius 3 is 2.54 bits per heavy atom. The lowest BCUT2D eigenvalue weighted by Gasteiger charge is -2.11. The van der Waals surface area contributed by atoms with E-state index in [2.05, 4.69) is 38.0 Å². The number of benzene rings is 2. The number of rotatable bonds is 6. The molecule has 2 aromatic carbocycles. The summed E-state index contributed by atoms with van der Waals surface area (Å²) >= 11 is 1.58. The van der Waals surface area contributed by atoms with Crippen LogP contribution in [-0.2, 0) is 12.3 Å². The Bertz CT molecular complexity index is 1100. The van der Waals surface area contributed by atoms with Gasteiger partial charge in [0.05, 0.1) is 18.2 Å². The highest BCUT2D eigenvalue weighted by atomic mass is 32.2. The van der Waals surface area contributed by atoms with E-state index >= 15 is 0 Å². The number of hydrogen-bond acceptors (Lipinski definition) is 5. The average Bonchev–Trinajstić information content (AvgIpc) is 3.16. The van der Waals surface area contributed by atoms with E-state index in [0.29, 0.717) is 17.9 Å². The highest BCUT2D eigenvalue weighted by Crippen LogP contribution is 2.27. The SMILES string of the molecule is N#Cc1ccccc1CSc1nnc(-c2cccnc2)n1Cc1ccccc1. The normalized spacial score (nSPS) is 10.5. The van der Waals surface area contributed by atoms with Crippen LogP contribution in [0.3, 0.4) is 0 Å². The van der Waals surface area contributed by atoms with Crippen molar-refractivity contribution in [2.24, 2.45) is 0 Å². The van der Waals surface area contributed by atoms with E-state index in [1.807, 2.05) is 54.6 Å². The maximum Gasteiger partial charge on any atom is 0.192 e. The highest BCUT2D eigenvalue weighted by Gasteiger charge is 2.15. The van der Waals surface area contributed by atoms with E-state index in [9.17, 15) is 5.26 Å². The molecule has 0 saturated carbocycles. The molecule has 0 unspecified atom stereocenters. The van der Waals surface area contributed by atoms with Gasteiger partial charge in [0.15, 0.2) is 11.0 Å². The van der Waals surface area contributed by atoms with Gasteiger partial charge in [-0.2, -0.15) is 5.26 Å². The van der Waals surface area contributed by atoms with Crippen LogP contribution in [0.25, 0.3) is 11.4 Å². The van der Waals surface area contributed by atoms with Crippen LogP contribution in [0.5, 0.6) is 0 Å². The van der Waals surface area contributed by atoms with Crippen molar-refractivity contribution in [1.82, 2.24) is 19.7 Å². The molecule has 0 spiro atoms. The summed E-state index contributed by atoms with van der Waals surface area (Å²) in [6, 6.07) is 24.0. The number of aromatic nitrogens is 4. The van der Waals surface area contributed by atoms with E-state index in [1.165, 1.54) is 5.56 Å². The van der Waals surface area contributed by atoms with Crippen molar-refractivity contribution in [3.63, 3.8) is 0 Å². The van der Waals surface area contributed by atoms with Crippen LogP contribution < -0.4 is 0 Å². The second-order valence-electron chi connectivity index (χ2n) is 6.18. The lowest BCUT2D eigenvalue weighted by molar-refractivity contribution is 0.714. The summed E-state index contributed by atoms with van der Waals surface area (Å²) in [5, 5.41) is 19.0. The third kappa shape index (κ3) is 3.95. The monoisotopic (exact) mass is 383 g/mol. The summed E-state index contributed by atoms with van der Waals surface area (Å²) in [7, 11) is 0. The van der Waals surface area contributed by atoms with E-state index < -0.39 is 0 Å². The molecule has 4 aromatic rings. The first-order chi connectivity index (χ1) is 13.8. The Morgan fingerprint density at radius 2 is 1.75 bits per heavy atom. The summed E-state index contributed by atoms with van der Waals surface area (Å²) < 4.78 is 2.10. The summed E-state index contributed by atoms with van der Waals surface area (Å²) in [6.45, 7) is 0.667. The van der Waals surface area contributed by atoms with Gasteiger partial charge in [0, 0.05) is 23.7 Å². The third-order valence-electron chi connectivity index (χ3n) is 4.31. The number of nitrogens with zero attached hydrogens (tertiary/aromatic N) is 5. The molecule has 0 aliphatic rings. The molecule has 28 heavy (non-hydrogen) atoms. The zero-order valence-corrected chi connectivity index (χ0v) is 15.9. The quantitative estimate of drug-likeness (QED) is 0.457. The van der Waals surface area contributed by atoms with Gasteiger partial charge < -0.3 is 0 Å². The van der Waals surface area contributed by atoms with Gasteiger partial charge in [0.1, 0.15) is 0 Å². The van der Waals surface area contributed by atoms with Crippen LogP contribution >= 0.6 is 11.8 Å². The molecule has 0 radical (unpaired) electrons. The van der Waals surface area contributed by atoms with E-state index in [-0.39, 0.29) is 0 Å². The standard InChI is InChI=1S/C22H17N5S/c23-13-18-9-4-5-10-20(18)16-28-22-26-25-21(19-11-6-12-24-14-19)27(22)15-17-7-2-1-3-8-17/h1-12,14H,15-16H2. The zero-order chi connectivity index (χ0) is 19.2. The molecular formula is C22H17N5S. The maximum absolute atomic E-state index is 9.32. The lowest BCUT2D eigenvalue weighted by Crippen LogP contribution is -2.04. The molecule has 0 aliphatic carbocycles. The molecule has 136 valence electrons. The van der Waals surface area contributed by atoms with Crippen molar-refractivity contribution >= 4 is 11.8 Å². The molecule has 0 atom stereocenters. The van der Waals surface area contributed by atoms with Gasteiger partial charge in [0.2, 0.25) is 0 Å². The van der Waals surface area contributed by atoms with Crippen LogP contribution in [0.15, 0.2) is 84.3 Å². The third-order valence-corrected chi connectivity index (χ3v) is 5.33. The van der Waals surface area contributed by atoms with Crippen molar-refractivity contribution in [2.75, 3.05) is 0 Å². The van der Waals surface area contributed by atoms with Crippen LogP contribution in [-0.4, -0.2) is 19.7 Å². The number of nitriles is 1. The van der Waals surface area contributed by atoms with Crippen LogP contribution in [0, 0.1) is 11.3 Å². The Morgan fingerprint density at radius 1 is 0.929 bits per heavy atom. The molecular weight excluding hydrogens is 366 g/mol. The molecule has 0 amide bonds. The van der Waals surface area contributed by atoms with E-state index in [4.69, 9.17) is 0 Å². The van der Waals surface area contributed by atoms with Gasteiger partial charge in [0.25, 0.3) is 0 Å². The second-order valence-corrected chi connectivity index (χ2v) is 7.12. The molecule has 5 nitrogen and oxygen atoms in total. The molecule has 2 heterocycles. The van der Waals surface area contributed by atoms with Crippen LogP contribution in [0.2, 0.25) is 0 Å². The summed E-state index contributed by atoms with van der Waals surface area (Å²) in [6.07, 6.45) is 3.54. The summed E-state index contributed by atoms with van der Waals surface area (Å²) in [5.74, 6) is 1.44. The van der Waals surface area contributed by atoms with Crippen molar-refractivity contribution in [1.29, 1.82) is 5.26 Å². The lowest BCUT2D eigenvalue weighted by atomic mass is 10.1. The minimum atomic E-state index is 0.656. The predicted molar refractivity (Wildman–Crippen MR) is 110 cm³/mol. The Labute approximate surface area is 167 Å². The Hall–Kier alpha value is -3.43. The maximum atomic E-state index is 9.32. The number of hydrogen-bond donors (Lipinski definition) is 0.